The van der Waals surface area contributed by atoms with Crippen LogP contribution in [0, 0.1) is 0 Å². The molecule has 8 nitrogen and oxygen atoms in total. The molecule has 0 unspecified atom stereocenters. The third kappa shape index (κ3) is 10.8. The van der Waals surface area contributed by atoms with Crippen molar-refractivity contribution >= 4 is 17.8 Å². The highest BCUT2D eigenvalue weighted by molar-refractivity contribution is 5.86. The summed E-state index contributed by atoms with van der Waals surface area (Å²) >= 11 is 0. The van der Waals surface area contributed by atoms with Crippen LogP contribution in [0.5, 0.6) is 0 Å². The number of hydrogen-bond donors (Lipinski definition) is 5. The Labute approximate surface area is 105 Å². The van der Waals surface area contributed by atoms with Gasteiger partial charge in [0.1, 0.15) is 6.04 Å². The summed E-state index contributed by atoms with van der Waals surface area (Å²) in [6.45, 7) is 3.36. The normalized spacial score (nSPS) is 12.7. The molecule has 7 N–H and O–H groups in total. The molecule has 0 aromatic heterocycles. The van der Waals surface area contributed by atoms with E-state index in [4.69, 9.17) is 21.7 Å². The molecule has 0 saturated carbocycles. The molecule has 18 heavy (non-hydrogen) atoms. The number of amides is 2. The van der Waals surface area contributed by atoms with Gasteiger partial charge in [0.2, 0.25) is 11.8 Å². The van der Waals surface area contributed by atoms with Crippen LogP contribution in [0.25, 0.3) is 0 Å². The van der Waals surface area contributed by atoms with E-state index in [9.17, 15) is 14.4 Å². The molecule has 106 valence electrons. The van der Waals surface area contributed by atoms with Gasteiger partial charge in [-0.2, -0.15) is 0 Å². The number of carboxylic acid groups (broad SMARTS) is 1. The third-order valence-corrected chi connectivity index (χ3v) is 1.71. The third-order valence-electron chi connectivity index (χ3n) is 1.71. The highest BCUT2D eigenvalue weighted by Gasteiger charge is 2.21. The van der Waals surface area contributed by atoms with Gasteiger partial charge >= 0.3 is 5.97 Å². The van der Waals surface area contributed by atoms with E-state index in [1.54, 1.807) is 6.92 Å². The van der Waals surface area contributed by atoms with Crippen molar-refractivity contribution in [3.63, 3.8) is 0 Å². The molecule has 0 radical (unpaired) electrons. The largest absolute Gasteiger partial charge is 0.480 e. The lowest BCUT2D eigenvalue weighted by atomic mass is 10.1. The monoisotopic (exact) mass is 263 g/mol. The van der Waals surface area contributed by atoms with Gasteiger partial charge in [0, 0.05) is 13.0 Å². The van der Waals surface area contributed by atoms with Gasteiger partial charge in [0.25, 0.3) is 0 Å². The van der Waals surface area contributed by atoms with Crippen molar-refractivity contribution < 1.29 is 24.6 Å². The minimum Gasteiger partial charge on any atom is -0.480 e. The van der Waals surface area contributed by atoms with Gasteiger partial charge in [0.15, 0.2) is 0 Å². The van der Waals surface area contributed by atoms with E-state index in [2.05, 4.69) is 5.32 Å². The van der Waals surface area contributed by atoms with Crippen LogP contribution in [0.1, 0.15) is 26.7 Å². The Morgan fingerprint density at radius 3 is 2.06 bits per heavy atom. The number of aliphatic hydroxyl groups excluding tert-OH is 1. The van der Waals surface area contributed by atoms with Crippen molar-refractivity contribution in [1.29, 1.82) is 0 Å². The molecule has 0 aromatic rings. The second-order valence-electron chi connectivity index (χ2n) is 3.51. The molecule has 8 heteroatoms. The maximum atomic E-state index is 11.1. The van der Waals surface area contributed by atoms with E-state index < -0.39 is 29.9 Å². The number of nitrogens with one attached hydrogen (secondary N) is 1. The molecule has 0 heterocycles. The molecule has 2 atom stereocenters. The van der Waals surface area contributed by atoms with E-state index in [1.807, 2.05) is 0 Å². The average Bonchev–Trinajstić information content (AvgIpc) is 2.23. The minimum absolute atomic E-state index is 0.0386. The lowest BCUT2D eigenvalue weighted by Crippen LogP contribution is -2.47. The summed E-state index contributed by atoms with van der Waals surface area (Å²) in [5.74, 6) is -2.41. The summed E-state index contributed by atoms with van der Waals surface area (Å²) < 4.78 is 0. The van der Waals surface area contributed by atoms with Gasteiger partial charge in [-0.05, 0) is 20.3 Å². The quantitative estimate of drug-likeness (QED) is 0.379. The highest BCUT2D eigenvalue weighted by atomic mass is 16.4. The van der Waals surface area contributed by atoms with E-state index in [1.165, 1.54) is 6.92 Å². The number of carboxylic acids is 1. The molecule has 2 amide bonds. The first-order valence-electron chi connectivity index (χ1n) is 5.44. The highest BCUT2D eigenvalue weighted by Crippen LogP contribution is 1.97. The number of aliphatic carboxylic acids is 1. The number of aliphatic hydroxyl groups is 1. The Morgan fingerprint density at radius 1 is 1.33 bits per heavy atom. The van der Waals surface area contributed by atoms with Gasteiger partial charge < -0.3 is 27.0 Å². The summed E-state index contributed by atoms with van der Waals surface area (Å²) in [6, 6.07) is -1.92. The second kappa shape index (κ2) is 10.5. The van der Waals surface area contributed by atoms with E-state index in [0.29, 0.717) is 0 Å². The summed E-state index contributed by atoms with van der Waals surface area (Å²) in [7, 11) is 0. The predicted molar refractivity (Wildman–Crippen MR) is 64.4 cm³/mol. The lowest BCUT2D eigenvalue weighted by molar-refractivity contribution is -0.142. The van der Waals surface area contributed by atoms with Gasteiger partial charge in [-0.25, -0.2) is 4.79 Å². The van der Waals surface area contributed by atoms with Crippen LogP contribution in [0.2, 0.25) is 0 Å². The number of nitrogens with two attached hydrogens (primary N) is 2. The number of primary amides is 1. The summed E-state index contributed by atoms with van der Waals surface area (Å²) in [4.78, 5) is 32.2. The first-order chi connectivity index (χ1) is 8.26. The maximum Gasteiger partial charge on any atom is 0.326 e. The molecule has 0 saturated heterocycles. The Hall–Kier alpha value is -1.67. The molecular weight excluding hydrogens is 242 g/mol. The van der Waals surface area contributed by atoms with E-state index in [0.717, 1.165) is 0 Å². The SMILES string of the molecule is CCO.C[C@H](N)C(=O)N[C@@H](CCC(N)=O)C(=O)O. The number of carbonyl (C=O) groups is 3. The number of rotatable bonds is 6. The maximum absolute atomic E-state index is 11.1. The van der Waals surface area contributed by atoms with E-state index >= 15 is 0 Å². The zero-order chi connectivity index (χ0) is 14.7. The average molecular weight is 263 g/mol. The van der Waals surface area contributed by atoms with Gasteiger partial charge in [0.05, 0.1) is 6.04 Å². The second-order valence-corrected chi connectivity index (χ2v) is 3.51. The fraction of sp³-hybridized carbons (Fsp3) is 0.700. The first kappa shape index (κ1) is 18.7. The van der Waals surface area contributed by atoms with Crippen molar-refractivity contribution in [2.75, 3.05) is 6.61 Å². The fourth-order valence-corrected chi connectivity index (χ4v) is 0.847. The van der Waals surface area contributed by atoms with Crippen LogP contribution in [-0.2, 0) is 14.4 Å². The standard InChI is InChI=1S/C8H15N3O4.C2H6O/c1-4(9)7(13)11-5(8(14)15)2-3-6(10)12;1-2-3/h4-5H,2-3,9H2,1H3,(H2,10,12)(H,11,13)(H,14,15);3H,2H2,1H3/t4-,5-;/m0./s1. The van der Waals surface area contributed by atoms with Gasteiger partial charge in [-0.1, -0.05) is 0 Å². The molecular formula is C10H21N3O5. The van der Waals surface area contributed by atoms with Gasteiger partial charge in [-0.3, -0.25) is 9.59 Å². The van der Waals surface area contributed by atoms with Crippen LogP contribution in [-0.4, -0.2) is 46.7 Å². The summed E-state index contributed by atoms with van der Waals surface area (Å²) in [5.41, 5.74) is 10.1. The summed E-state index contributed by atoms with van der Waals surface area (Å²) in [6.07, 6.45) is -0.140. The predicted octanol–water partition coefficient (Wildman–Crippen LogP) is -1.83. The zero-order valence-electron chi connectivity index (χ0n) is 10.5. The van der Waals surface area contributed by atoms with Crippen molar-refractivity contribution in [2.45, 2.75) is 38.8 Å². The molecule has 0 aromatic carbocycles. The molecule has 0 aliphatic rings. The topological polar surface area (TPSA) is 156 Å². The Kier molecular flexibility index (Phi) is 10.9. The lowest BCUT2D eigenvalue weighted by Gasteiger charge is -2.14. The van der Waals surface area contributed by atoms with Crippen molar-refractivity contribution in [1.82, 2.24) is 5.32 Å². The van der Waals surface area contributed by atoms with Crippen LogP contribution in [0.4, 0.5) is 0 Å². The molecule has 0 bridgehead atoms. The smallest absolute Gasteiger partial charge is 0.326 e. The Morgan fingerprint density at radius 2 is 1.78 bits per heavy atom. The van der Waals surface area contributed by atoms with Crippen LogP contribution < -0.4 is 16.8 Å². The minimum atomic E-state index is -1.22. The Balaban J connectivity index is 0. The molecule has 0 aliphatic carbocycles. The van der Waals surface area contributed by atoms with E-state index in [-0.39, 0.29) is 19.4 Å². The molecule has 0 fully saturated rings. The fourth-order valence-electron chi connectivity index (χ4n) is 0.847. The van der Waals surface area contributed by atoms with Gasteiger partial charge in [-0.15, -0.1) is 0 Å². The molecule has 0 aliphatic heterocycles. The van der Waals surface area contributed by atoms with Crippen molar-refractivity contribution in [2.24, 2.45) is 11.5 Å². The number of carbonyl (C=O) groups excluding carboxylic acids is 2. The summed E-state index contributed by atoms with van der Waals surface area (Å²) in [5, 5.41) is 18.5. The number of hydrogen-bond acceptors (Lipinski definition) is 5. The van der Waals surface area contributed by atoms with Crippen molar-refractivity contribution in [3.8, 4) is 0 Å². The molecule has 0 rings (SSSR count). The van der Waals surface area contributed by atoms with Crippen LogP contribution in [0.15, 0.2) is 0 Å². The van der Waals surface area contributed by atoms with Crippen LogP contribution in [0.3, 0.4) is 0 Å². The Bertz CT molecular complexity index is 281. The molecule has 0 spiro atoms. The zero-order valence-corrected chi connectivity index (χ0v) is 10.5. The van der Waals surface area contributed by atoms with Crippen molar-refractivity contribution in [3.05, 3.63) is 0 Å². The van der Waals surface area contributed by atoms with Crippen LogP contribution >= 0.6 is 0 Å². The first-order valence-corrected chi connectivity index (χ1v) is 5.44.